The van der Waals surface area contributed by atoms with Crippen LogP contribution in [-0.2, 0) is 10.4 Å². The molecule has 0 amide bonds. The Bertz CT molecular complexity index is 252. The van der Waals surface area contributed by atoms with Crippen LogP contribution in [0, 0.1) is 0 Å². The molecule has 0 bridgehead atoms. The predicted molar refractivity (Wildman–Crippen MR) is 59.6 cm³/mol. The molecular formula is C8H20N2O4S. The van der Waals surface area contributed by atoms with E-state index in [1.165, 1.54) is 0 Å². The van der Waals surface area contributed by atoms with Crippen molar-refractivity contribution in [1.82, 2.24) is 6.15 Å². The summed E-state index contributed by atoms with van der Waals surface area (Å²) in [6, 6.07) is 0. The quantitative estimate of drug-likeness (QED) is 0.323. The average molecular weight is 240 g/mol. The van der Waals surface area contributed by atoms with Gasteiger partial charge in [-0.15, -0.1) is 0 Å². The molecule has 0 heterocycles. The second-order valence-corrected chi connectivity index (χ2v) is 4.16. The summed E-state index contributed by atoms with van der Waals surface area (Å²) in [7, 11) is -0.604. The Morgan fingerprint density at radius 2 is 1.47 bits per heavy atom. The third-order valence-electron chi connectivity index (χ3n) is 1.25. The Kier molecular flexibility index (Phi) is 11.3. The van der Waals surface area contributed by atoms with Crippen molar-refractivity contribution in [3.63, 3.8) is 0 Å². The van der Waals surface area contributed by atoms with Crippen molar-refractivity contribution in [3.05, 3.63) is 25.3 Å². The predicted octanol–water partition coefficient (Wildman–Crippen LogP) is 0.601. The fraction of sp³-hybridized carbons (Fsp3) is 0.500. The molecule has 0 aromatic heterocycles. The maximum atomic E-state index is 8.63. The highest BCUT2D eigenvalue weighted by molar-refractivity contribution is 7.79. The van der Waals surface area contributed by atoms with Gasteiger partial charge in [0.1, 0.15) is 0 Å². The van der Waals surface area contributed by atoms with Crippen molar-refractivity contribution in [1.29, 1.82) is 0 Å². The van der Waals surface area contributed by atoms with Gasteiger partial charge in [0.05, 0.1) is 27.2 Å². The summed E-state index contributed by atoms with van der Waals surface area (Å²) in [5.41, 5.74) is 0. The molecule has 0 atom stereocenters. The first-order valence-electron chi connectivity index (χ1n) is 3.84. The molecule has 0 saturated heterocycles. The van der Waals surface area contributed by atoms with Gasteiger partial charge < -0.3 is 15.2 Å². The number of quaternary nitrogens is 1. The standard InChI is InChI=1S/C8H16N.H3N.H2O4S/c1-5-7-9(3,4)8-6-2;;1-5(2,3)4/h5-6H,1-2,7-8H2,3-4H3;1H3;(H2,1,2,3,4)/q+1;;/p-1. The molecule has 0 rings (SSSR count). The number of likely N-dealkylation sites (N-methyl/N-ethyl adjacent to an activating group) is 1. The van der Waals surface area contributed by atoms with Crippen LogP contribution in [0.15, 0.2) is 25.3 Å². The summed E-state index contributed by atoms with van der Waals surface area (Å²) in [5, 5.41) is 0. The lowest BCUT2D eigenvalue weighted by Crippen LogP contribution is -2.39. The monoisotopic (exact) mass is 240 g/mol. The van der Waals surface area contributed by atoms with Crippen LogP contribution < -0.4 is 6.15 Å². The van der Waals surface area contributed by atoms with Crippen molar-refractivity contribution in [3.8, 4) is 0 Å². The van der Waals surface area contributed by atoms with E-state index < -0.39 is 10.4 Å². The lowest BCUT2D eigenvalue weighted by atomic mass is 10.4. The molecule has 0 aliphatic carbocycles. The summed E-state index contributed by atoms with van der Waals surface area (Å²) in [6.45, 7) is 9.37. The Morgan fingerprint density at radius 1 is 1.27 bits per heavy atom. The van der Waals surface area contributed by atoms with Gasteiger partial charge in [-0.1, -0.05) is 13.2 Å². The topological polar surface area (TPSA) is 112 Å². The smallest absolute Gasteiger partial charge is 0.215 e. The first-order chi connectivity index (χ1) is 6.12. The third kappa shape index (κ3) is 31.9. The van der Waals surface area contributed by atoms with Gasteiger partial charge in [0, 0.05) is 0 Å². The Morgan fingerprint density at radius 3 is 1.60 bits per heavy atom. The molecule has 0 aromatic carbocycles. The van der Waals surface area contributed by atoms with E-state index in [2.05, 4.69) is 27.3 Å². The van der Waals surface area contributed by atoms with Gasteiger partial charge in [-0.05, 0) is 12.2 Å². The van der Waals surface area contributed by atoms with Crippen LogP contribution in [0.3, 0.4) is 0 Å². The Balaban J connectivity index is -0.000000208. The van der Waals surface area contributed by atoms with Gasteiger partial charge in [0.15, 0.2) is 0 Å². The summed E-state index contributed by atoms with van der Waals surface area (Å²) >= 11 is 0. The first-order valence-corrected chi connectivity index (χ1v) is 5.21. The number of hydrogen-bond acceptors (Lipinski definition) is 4. The normalized spacial score (nSPS) is 10.4. The van der Waals surface area contributed by atoms with Gasteiger partial charge in [-0.2, -0.15) is 0 Å². The van der Waals surface area contributed by atoms with Crippen molar-refractivity contribution in [2.45, 2.75) is 0 Å². The van der Waals surface area contributed by atoms with Crippen LogP contribution in [0.1, 0.15) is 0 Å². The van der Waals surface area contributed by atoms with Gasteiger partial charge in [0.25, 0.3) is 0 Å². The molecular weight excluding hydrogens is 220 g/mol. The Hall–Kier alpha value is -0.730. The number of rotatable bonds is 4. The molecule has 0 aliphatic rings. The van der Waals surface area contributed by atoms with Crippen molar-refractivity contribution < 1.29 is 22.0 Å². The number of hydrogen-bond donors (Lipinski definition) is 2. The van der Waals surface area contributed by atoms with Gasteiger partial charge in [-0.3, -0.25) is 4.55 Å². The zero-order chi connectivity index (χ0) is 11.8. The van der Waals surface area contributed by atoms with Gasteiger partial charge in [0.2, 0.25) is 10.4 Å². The van der Waals surface area contributed by atoms with Crippen molar-refractivity contribution in [2.24, 2.45) is 0 Å². The van der Waals surface area contributed by atoms with E-state index in [0.29, 0.717) is 0 Å². The minimum Gasteiger partial charge on any atom is -0.726 e. The average Bonchev–Trinajstić information content (AvgIpc) is 1.81. The highest BCUT2D eigenvalue weighted by Crippen LogP contribution is 1.95. The van der Waals surface area contributed by atoms with Crippen LogP contribution in [0.2, 0.25) is 0 Å². The molecule has 6 nitrogen and oxygen atoms in total. The molecule has 92 valence electrons. The minimum atomic E-state index is -4.92. The highest BCUT2D eigenvalue weighted by atomic mass is 32.3. The maximum Gasteiger partial charge on any atom is 0.215 e. The second kappa shape index (κ2) is 8.57. The Labute approximate surface area is 91.7 Å². The van der Waals surface area contributed by atoms with E-state index in [1.807, 2.05) is 12.2 Å². The zero-order valence-electron chi connectivity index (χ0n) is 9.22. The zero-order valence-corrected chi connectivity index (χ0v) is 10.0. The van der Waals surface area contributed by atoms with E-state index >= 15 is 0 Å². The summed E-state index contributed by atoms with van der Waals surface area (Å²) in [4.78, 5) is 0. The van der Waals surface area contributed by atoms with Crippen LogP contribution in [0.4, 0.5) is 0 Å². The van der Waals surface area contributed by atoms with Crippen molar-refractivity contribution in [2.75, 3.05) is 27.2 Å². The molecule has 7 heteroatoms. The summed E-state index contributed by atoms with van der Waals surface area (Å²) < 4.78 is 33.8. The number of nitrogens with zero attached hydrogens (tertiary/aromatic N) is 1. The molecule has 0 unspecified atom stereocenters. The highest BCUT2D eigenvalue weighted by Gasteiger charge is 2.07. The molecule has 15 heavy (non-hydrogen) atoms. The van der Waals surface area contributed by atoms with Gasteiger partial charge in [-0.25, -0.2) is 8.42 Å². The van der Waals surface area contributed by atoms with E-state index in [-0.39, 0.29) is 6.15 Å². The molecule has 0 saturated carbocycles. The molecule has 0 radical (unpaired) electrons. The second-order valence-electron chi connectivity index (χ2n) is 3.31. The van der Waals surface area contributed by atoms with Crippen LogP contribution >= 0.6 is 0 Å². The summed E-state index contributed by atoms with van der Waals surface area (Å²) in [5.74, 6) is 0. The van der Waals surface area contributed by atoms with Crippen LogP contribution in [-0.4, -0.2) is 49.2 Å². The largest absolute Gasteiger partial charge is 0.726 e. The summed E-state index contributed by atoms with van der Waals surface area (Å²) in [6.07, 6.45) is 3.87. The molecule has 0 aliphatic heterocycles. The minimum absolute atomic E-state index is 0. The first kappa shape index (κ1) is 19.8. The lowest BCUT2D eigenvalue weighted by molar-refractivity contribution is -0.878. The molecule has 0 fully saturated rings. The van der Waals surface area contributed by atoms with E-state index in [4.69, 9.17) is 17.5 Å². The fourth-order valence-electron chi connectivity index (χ4n) is 0.774. The lowest BCUT2D eigenvalue weighted by Gasteiger charge is -2.26. The fourth-order valence-corrected chi connectivity index (χ4v) is 0.774. The third-order valence-corrected chi connectivity index (χ3v) is 1.25. The van der Waals surface area contributed by atoms with E-state index in [1.54, 1.807) is 0 Å². The maximum absolute atomic E-state index is 8.63. The molecule has 4 N–H and O–H groups in total. The van der Waals surface area contributed by atoms with Gasteiger partial charge >= 0.3 is 0 Å². The van der Waals surface area contributed by atoms with Crippen LogP contribution in [0.25, 0.3) is 0 Å². The van der Waals surface area contributed by atoms with Crippen molar-refractivity contribution >= 4 is 10.4 Å². The molecule has 0 spiro atoms. The van der Waals surface area contributed by atoms with E-state index in [9.17, 15) is 0 Å². The SMILES string of the molecule is C=CC[N+](C)(C)CC=C.N.O=S(=O)([O-])O. The molecule has 0 aromatic rings. The van der Waals surface area contributed by atoms with Crippen LogP contribution in [0.5, 0.6) is 0 Å². The van der Waals surface area contributed by atoms with E-state index in [0.717, 1.165) is 17.6 Å².